The van der Waals surface area contributed by atoms with Gasteiger partial charge in [-0.15, -0.1) is 0 Å². The first-order valence-corrected chi connectivity index (χ1v) is 10.8. The number of rotatable bonds is 3. The topological polar surface area (TPSA) is 87.7 Å². The maximum Gasteiger partial charge on any atom is 0.227 e. The highest BCUT2D eigenvalue weighted by Crippen LogP contribution is 2.29. The van der Waals surface area contributed by atoms with Crippen LogP contribution < -0.4 is 5.32 Å². The molecule has 1 aromatic heterocycles. The number of carbonyl (C=O) groups excluding carboxylic acids is 2. The second-order valence-electron chi connectivity index (χ2n) is 8.35. The summed E-state index contributed by atoms with van der Waals surface area (Å²) in [5.74, 6) is 1.31. The molecule has 1 aromatic rings. The predicted octanol–water partition coefficient (Wildman–Crippen LogP) is 0.576. The molecule has 3 aliphatic heterocycles. The molecule has 3 fully saturated rings. The van der Waals surface area contributed by atoms with Gasteiger partial charge in [-0.05, 0) is 32.3 Å². The molecule has 0 radical (unpaired) electrons. The van der Waals surface area contributed by atoms with Crippen molar-refractivity contribution in [2.75, 3.05) is 52.5 Å². The third-order valence-electron chi connectivity index (χ3n) is 6.39. The Kier molecular flexibility index (Phi) is 6.40. The van der Waals surface area contributed by atoms with E-state index in [9.17, 15) is 9.59 Å². The highest BCUT2D eigenvalue weighted by Gasteiger charge is 2.36. The highest BCUT2D eigenvalue weighted by atomic mass is 16.5. The Morgan fingerprint density at radius 3 is 2.28 bits per heavy atom. The fourth-order valence-corrected chi connectivity index (χ4v) is 4.72. The van der Waals surface area contributed by atoms with E-state index in [0.717, 1.165) is 37.4 Å². The zero-order valence-electron chi connectivity index (χ0n) is 17.2. The molecule has 0 aliphatic carbocycles. The van der Waals surface area contributed by atoms with Crippen LogP contribution in [0.15, 0.2) is 12.3 Å². The molecular formula is C21H31N5O3. The number of aryl methyl sites for hydroxylation is 1. The second kappa shape index (κ2) is 9.17. The number of nitrogens with zero attached hydrogens (tertiary/aromatic N) is 4. The number of amides is 2. The summed E-state index contributed by atoms with van der Waals surface area (Å²) in [6.07, 6.45) is 4.32. The lowest BCUT2D eigenvalue weighted by Gasteiger charge is -2.38. The lowest BCUT2D eigenvalue weighted by Crippen LogP contribution is -2.52. The largest absolute Gasteiger partial charge is 0.378 e. The van der Waals surface area contributed by atoms with Crippen LogP contribution in [0.2, 0.25) is 0 Å². The van der Waals surface area contributed by atoms with E-state index >= 15 is 0 Å². The fraction of sp³-hybridized carbons (Fsp3) is 0.714. The minimum atomic E-state index is -0.114. The Bertz CT molecular complexity index is 729. The maximum atomic E-state index is 13.1. The minimum Gasteiger partial charge on any atom is -0.378 e. The molecule has 0 spiro atoms. The number of hydrogen-bond acceptors (Lipinski definition) is 6. The fourth-order valence-electron chi connectivity index (χ4n) is 4.72. The molecule has 8 nitrogen and oxygen atoms in total. The van der Waals surface area contributed by atoms with Crippen LogP contribution in [0.25, 0.3) is 0 Å². The first-order valence-electron chi connectivity index (χ1n) is 10.8. The molecule has 29 heavy (non-hydrogen) atoms. The molecule has 3 saturated heterocycles. The monoisotopic (exact) mass is 401 g/mol. The van der Waals surface area contributed by atoms with Crippen molar-refractivity contribution in [2.45, 2.75) is 32.1 Å². The van der Waals surface area contributed by atoms with Crippen molar-refractivity contribution < 1.29 is 14.3 Å². The average molecular weight is 402 g/mol. The van der Waals surface area contributed by atoms with Crippen LogP contribution in [-0.2, 0) is 14.3 Å². The van der Waals surface area contributed by atoms with Gasteiger partial charge >= 0.3 is 0 Å². The lowest BCUT2D eigenvalue weighted by molar-refractivity contribution is -0.143. The Hall–Kier alpha value is -2.06. The molecule has 0 aromatic carbocycles. The summed E-state index contributed by atoms with van der Waals surface area (Å²) >= 11 is 0. The van der Waals surface area contributed by atoms with Crippen molar-refractivity contribution in [3.63, 3.8) is 0 Å². The van der Waals surface area contributed by atoms with Gasteiger partial charge in [-0.2, -0.15) is 0 Å². The molecule has 158 valence electrons. The second-order valence-corrected chi connectivity index (χ2v) is 8.35. The van der Waals surface area contributed by atoms with Crippen LogP contribution in [0, 0.1) is 18.8 Å². The normalized spacial score (nSPS) is 26.4. The van der Waals surface area contributed by atoms with Crippen molar-refractivity contribution in [1.29, 1.82) is 0 Å². The summed E-state index contributed by atoms with van der Waals surface area (Å²) in [6, 6.07) is 1.99. The Balaban J connectivity index is 1.30. The highest BCUT2D eigenvalue weighted by molar-refractivity contribution is 5.83. The van der Waals surface area contributed by atoms with Gasteiger partial charge in [0.15, 0.2) is 0 Å². The number of hydrogen-bond donors (Lipinski definition) is 1. The Morgan fingerprint density at radius 1 is 1.03 bits per heavy atom. The van der Waals surface area contributed by atoms with Crippen molar-refractivity contribution in [3.05, 3.63) is 23.8 Å². The summed E-state index contributed by atoms with van der Waals surface area (Å²) in [4.78, 5) is 38.5. The summed E-state index contributed by atoms with van der Waals surface area (Å²) < 4.78 is 5.34. The van der Waals surface area contributed by atoms with Crippen LogP contribution in [0.5, 0.6) is 0 Å². The number of morpholine rings is 1. The molecule has 4 heterocycles. The van der Waals surface area contributed by atoms with Crippen LogP contribution >= 0.6 is 0 Å². The third kappa shape index (κ3) is 4.75. The maximum absolute atomic E-state index is 13.1. The standard InChI is InChI=1S/C21H31N5O3/c1-15-23-5-2-19(24-15)16-3-6-25(7-4-16)20(27)17-12-18(14-22-13-17)21(28)26-8-10-29-11-9-26/h2,5,16-18,22H,3-4,6-14H2,1H3. The number of piperidine rings is 2. The van der Waals surface area contributed by atoms with E-state index in [1.807, 2.05) is 29.0 Å². The van der Waals surface area contributed by atoms with Crippen LogP contribution in [0.1, 0.15) is 36.7 Å². The summed E-state index contributed by atoms with van der Waals surface area (Å²) in [6.45, 7) is 7.27. The molecular weight excluding hydrogens is 370 g/mol. The molecule has 3 aliphatic rings. The number of carbonyl (C=O) groups is 2. The zero-order chi connectivity index (χ0) is 20.2. The van der Waals surface area contributed by atoms with Crippen LogP contribution in [0.3, 0.4) is 0 Å². The van der Waals surface area contributed by atoms with Gasteiger partial charge in [0.05, 0.1) is 25.0 Å². The molecule has 1 N–H and O–H groups in total. The number of ether oxygens (including phenoxy) is 1. The van der Waals surface area contributed by atoms with E-state index < -0.39 is 0 Å². The summed E-state index contributed by atoms with van der Waals surface area (Å²) in [7, 11) is 0. The molecule has 0 saturated carbocycles. The van der Waals surface area contributed by atoms with Crippen molar-refractivity contribution in [2.24, 2.45) is 11.8 Å². The zero-order valence-corrected chi connectivity index (χ0v) is 17.2. The quantitative estimate of drug-likeness (QED) is 0.797. The summed E-state index contributed by atoms with van der Waals surface area (Å²) in [5, 5.41) is 3.32. The molecule has 0 bridgehead atoms. The smallest absolute Gasteiger partial charge is 0.227 e. The first-order chi connectivity index (χ1) is 14.1. The number of nitrogens with one attached hydrogen (secondary N) is 1. The van der Waals surface area contributed by atoms with Crippen molar-refractivity contribution >= 4 is 11.8 Å². The van der Waals surface area contributed by atoms with Gasteiger partial charge in [0.2, 0.25) is 11.8 Å². The molecule has 2 atom stereocenters. The van der Waals surface area contributed by atoms with Gasteiger partial charge in [0, 0.05) is 57.1 Å². The third-order valence-corrected chi connectivity index (χ3v) is 6.39. The van der Waals surface area contributed by atoms with Gasteiger partial charge in [-0.25, -0.2) is 9.97 Å². The predicted molar refractivity (Wildman–Crippen MR) is 107 cm³/mol. The first kappa shape index (κ1) is 20.2. The van der Waals surface area contributed by atoms with Gasteiger partial charge in [0.1, 0.15) is 5.82 Å². The van der Waals surface area contributed by atoms with E-state index in [1.165, 1.54) is 0 Å². The number of likely N-dealkylation sites (tertiary alicyclic amines) is 1. The van der Waals surface area contributed by atoms with Crippen LogP contribution in [-0.4, -0.2) is 84.1 Å². The van der Waals surface area contributed by atoms with Crippen molar-refractivity contribution in [3.8, 4) is 0 Å². The summed E-state index contributed by atoms with van der Waals surface area (Å²) in [5.41, 5.74) is 1.08. The van der Waals surface area contributed by atoms with Crippen molar-refractivity contribution in [1.82, 2.24) is 25.1 Å². The Morgan fingerprint density at radius 2 is 1.66 bits per heavy atom. The van der Waals surface area contributed by atoms with E-state index in [0.29, 0.717) is 51.7 Å². The molecule has 8 heteroatoms. The average Bonchev–Trinajstić information content (AvgIpc) is 2.79. The van der Waals surface area contributed by atoms with Crippen LogP contribution in [0.4, 0.5) is 0 Å². The number of aromatic nitrogens is 2. The van der Waals surface area contributed by atoms with Gasteiger partial charge in [-0.3, -0.25) is 9.59 Å². The SMILES string of the molecule is Cc1nccc(C2CCN(C(=O)C3CNCC(C(=O)N4CCOCC4)C3)CC2)n1. The molecule has 4 rings (SSSR count). The van der Waals surface area contributed by atoms with Gasteiger partial charge in [-0.1, -0.05) is 0 Å². The van der Waals surface area contributed by atoms with E-state index in [2.05, 4.69) is 15.3 Å². The van der Waals surface area contributed by atoms with Gasteiger partial charge < -0.3 is 19.9 Å². The molecule has 2 unspecified atom stereocenters. The van der Waals surface area contributed by atoms with E-state index in [4.69, 9.17) is 4.74 Å². The molecule has 2 amide bonds. The minimum absolute atomic E-state index is 0.114. The Labute approximate surface area is 172 Å². The lowest BCUT2D eigenvalue weighted by atomic mass is 9.87. The van der Waals surface area contributed by atoms with Gasteiger partial charge in [0.25, 0.3) is 0 Å². The van der Waals surface area contributed by atoms with E-state index in [-0.39, 0.29) is 23.7 Å². The van der Waals surface area contributed by atoms with E-state index in [1.54, 1.807) is 0 Å².